The van der Waals surface area contributed by atoms with Crippen LogP contribution in [-0.4, -0.2) is 67.3 Å². The predicted molar refractivity (Wildman–Crippen MR) is 125 cm³/mol. The molecule has 1 fully saturated rings. The number of nitrogens with zero attached hydrogens (tertiary/aromatic N) is 3. The maximum Gasteiger partial charge on any atom is 0.410 e. The van der Waals surface area contributed by atoms with Crippen molar-refractivity contribution >= 4 is 15.9 Å². The van der Waals surface area contributed by atoms with Crippen LogP contribution in [0.4, 0.5) is 4.79 Å². The number of aromatic nitrogens is 1. The van der Waals surface area contributed by atoms with E-state index in [1.54, 1.807) is 29.2 Å². The van der Waals surface area contributed by atoms with Gasteiger partial charge in [-0.1, -0.05) is 18.2 Å². The van der Waals surface area contributed by atoms with Crippen LogP contribution in [0.25, 0.3) is 11.1 Å². The van der Waals surface area contributed by atoms with Crippen LogP contribution in [0.3, 0.4) is 0 Å². The number of hydrogen-bond donors (Lipinski definition) is 0. The van der Waals surface area contributed by atoms with E-state index >= 15 is 0 Å². The van der Waals surface area contributed by atoms with Crippen LogP contribution in [-0.2, 0) is 21.1 Å². The van der Waals surface area contributed by atoms with Gasteiger partial charge in [-0.25, -0.2) is 13.2 Å². The number of amides is 1. The summed E-state index contributed by atoms with van der Waals surface area (Å²) >= 11 is 0. The van der Waals surface area contributed by atoms with Crippen LogP contribution < -0.4 is 0 Å². The molecule has 0 saturated carbocycles. The number of sulfone groups is 1. The second-order valence-corrected chi connectivity index (χ2v) is 11.5. The molecule has 2 heterocycles. The summed E-state index contributed by atoms with van der Waals surface area (Å²) in [7, 11) is -1.11. The summed E-state index contributed by atoms with van der Waals surface area (Å²) in [5, 5.41) is 0. The minimum atomic E-state index is -3.20. The lowest BCUT2D eigenvalue weighted by molar-refractivity contribution is 0.0152. The van der Waals surface area contributed by atoms with E-state index in [2.05, 4.69) is 16.9 Å². The number of pyridine rings is 1. The number of benzene rings is 1. The van der Waals surface area contributed by atoms with E-state index in [4.69, 9.17) is 4.74 Å². The van der Waals surface area contributed by atoms with Crippen molar-refractivity contribution in [2.45, 2.75) is 56.7 Å². The summed E-state index contributed by atoms with van der Waals surface area (Å²) in [4.78, 5) is 21.2. The summed E-state index contributed by atoms with van der Waals surface area (Å²) in [5.41, 5.74) is 2.37. The Morgan fingerprint density at radius 3 is 2.19 bits per heavy atom. The summed E-state index contributed by atoms with van der Waals surface area (Å²) in [5.74, 6) is 0. The zero-order valence-corrected chi connectivity index (χ0v) is 20.4. The van der Waals surface area contributed by atoms with E-state index < -0.39 is 15.4 Å². The van der Waals surface area contributed by atoms with Gasteiger partial charge in [0.15, 0.2) is 9.84 Å². The number of hydrogen-bond acceptors (Lipinski definition) is 6. The standard InChI is InChI=1S/C24H33N3O4S/c1-24(2,3)31-23(28)27-14-12-21(13-15-27)26(4)17-20-9-6-19(16-25-20)18-7-10-22(11-8-18)32(5,29)30/h6-11,16,21H,12-15,17H2,1-5H3. The van der Waals surface area contributed by atoms with Gasteiger partial charge in [-0.3, -0.25) is 9.88 Å². The molecule has 8 heteroatoms. The molecule has 174 valence electrons. The average molecular weight is 460 g/mol. The van der Waals surface area contributed by atoms with Crippen molar-refractivity contribution in [1.82, 2.24) is 14.8 Å². The highest BCUT2D eigenvalue weighted by atomic mass is 32.2. The number of likely N-dealkylation sites (tertiary alicyclic amines) is 1. The first-order valence-corrected chi connectivity index (χ1v) is 12.7. The minimum Gasteiger partial charge on any atom is -0.444 e. The molecule has 0 atom stereocenters. The first kappa shape index (κ1) is 24.2. The Morgan fingerprint density at radius 1 is 1.09 bits per heavy atom. The Balaban J connectivity index is 1.54. The Labute approximate surface area is 191 Å². The Kier molecular flexibility index (Phi) is 7.25. The average Bonchev–Trinajstić information content (AvgIpc) is 2.72. The van der Waals surface area contributed by atoms with Gasteiger partial charge in [0.2, 0.25) is 0 Å². The van der Waals surface area contributed by atoms with Crippen LogP contribution >= 0.6 is 0 Å². The third-order valence-corrected chi connectivity index (χ3v) is 6.72. The highest BCUT2D eigenvalue weighted by molar-refractivity contribution is 7.90. The lowest BCUT2D eigenvalue weighted by atomic mass is 10.0. The van der Waals surface area contributed by atoms with Crippen molar-refractivity contribution in [1.29, 1.82) is 0 Å². The third-order valence-electron chi connectivity index (χ3n) is 5.59. The van der Waals surface area contributed by atoms with Gasteiger partial charge in [0.05, 0.1) is 10.6 Å². The number of rotatable bonds is 5. The van der Waals surface area contributed by atoms with E-state index in [1.807, 2.05) is 39.1 Å². The van der Waals surface area contributed by atoms with Crippen molar-refractivity contribution in [3.8, 4) is 11.1 Å². The van der Waals surface area contributed by atoms with E-state index in [0.29, 0.717) is 24.0 Å². The Hall–Kier alpha value is -2.45. The predicted octanol–water partition coefficient (Wildman–Crippen LogP) is 3.98. The molecule has 0 bridgehead atoms. The first-order chi connectivity index (χ1) is 14.9. The summed E-state index contributed by atoms with van der Waals surface area (Å²) in [6.07, 6.45) is 4.60. The van der Waals surface area contributed by atoms with Crippen molar-refractivity contribution < 1.29 is 17.9 Å². The second kappa shape index (κ2) is 9.58. The SMILES string of the molecule is CN(Cc1ccc(-c2ccc(S(C)(=O)=O)cc2)cn1)C1CCN(C(=O)OC(C)(C)C)CC1. The van der Waals surface area contributed by atoms with Crippen LogP contribution in [0.5, 0.6) is 0 Å². The van der Waals surface area contributed by atoms with E-state index in [9.17, 15) is 13.2 Å². The van der Waals surface area contributed by atoms with Crippen LogP contribution in [0.2, 0.25) is 0 Å². The van der Waals surface area contributed by atoms with Crippen molar-refractivity contribution in [3.05, 3.63) is 48.3 Å². The molecule has 0 unspecified atom stereocenters. The minimum absolute atomic E-state index is 0.236. The molecule has 7 nitrogen and oxygen atoms in total. The quantitative estimate of drug-likeness (QED) is 0.673. The molecular weight excluding hydrogens is 426 g/mol. The molecule has 1 aliphatic heterocycles. The fraction of sp³-hybridized carbons (Fsp3) is 0.500. The maximum atomic E-state index is 12.2. The molecule has 0 spiro atoms. The third kappa shape index (κ3) is 6.53. The van der Waals surface area contributed by atoms with Gasteiger partial charge in [0.25, 0.3) is 0 Å². The molecular formula is C24H33N3O4S. The summed E-state index contributed by atoms with van der Waals surface area (Å²) in [6, 6.07) is 11.3. The zero-order chi connectivity index (χ0) is 23.5. The van der Waals surface area contributed by atoms with Gasteiger partial charge >= 0.3 is 6.09 Å². The smallest absolute Gasteiger partial charge is 0.410 e. The number of carbonyl (C=O) groups excluding carboxylic acids is 1. The lowest BCUT2D eigenvalue weighted by Crippen LogP contribution is -2.46. The monoisotopic (exact) mass is 459 g/mol. The Bertz CT molecular complexity index is 1020. The van der Waals surface area contributed by atoms with Crippen molar-refractivity contribution in [2.24, 2.45) is 0 Å². The molecule has 0 aliphatic carbocycles. The molecule has 0 N–H and O–H groups in total. The molecule has 1 saturated heterocycles. The molecule has 1 aromatic carbocycles. The molecule has 2 aromatic rings. The van der Waals surface area contributed by atoms with Gasteiger partial charge in [-0.05, 0) is 64.4 Å². The Morgan fingerprint density at radius 2 is 1.69 bits per heavy atom. The fourth-order valence-corrected chi connectivity index (χ4v) is 4.41. The second-order valence-electron chi connectivity index (χ2n) is 9.45. The zero-order valence-electron chi connectivity index (χ0n) is 19.5. The van der Waals surface area contributed by atoms with E-state index in [-0.39, 0.29) is 6.09 Å². The molecule has 1 amide bonds. The van der Waals surface area contributed by atoms with E-state index in [1.165, 1.54) is 6.26 Å². The molecule has 0 radical (unpaired) electrons. The number of carbonyl (C=O) groups is 1. The molecule has 1 aliphatic rings. The van der Waals surface area contributed by atoms with Crippen LogP contribution in [0.1, 0.15) is 39.3 Å². The lowest BCUT2D eigenvalue weighted by Gasteiger charge is -2.37. The van der Waals surface area contributed by atoms with E-state index in [0.717, 1.165) is 36.2 Å². The molecule has 1 aromatic heterocycles. The van der Waals surface area contributed by atoms with Gasteiger partial charge in [-0.2, -0.15) is 0 Å². The molecule has 32 heavy (non-hydrogen) atoms. The van der Waals surface area contributed by atoms with Gasteiger partial charge in [-0.15, -0.1) is 0 Å². The highest BCUT2D eigenvalue weighted by Crippen LogP contribution is 2.23. The van der Waals surface area contributed by atoms with Crippen molar-refractivity contribution in [3.63, 3.8) is 0 Å². The van der Waals surface area contributed by atoms with Crippen LogP contribution in [0.15, 0.2) is 47.5 Å². The largest absolute Gasteiger partial charge is 0.444 e. The molecule has 3 rings (SSSR count). The number of ether oxygens (including phenoxy) is 1. The van der Waals surface area contributed by atoms with Crippen LogP contribution in [0, 0.1) is 0 Å². The van der Waals surface area contributed by atoms with Gasteiger partial charge < -0.3 is 9.64 Å². The van der Waals surface area contributed by atoms with Gasteiger partial charge in [0, 0.05) is 43.7 Å². The maximum absolute atomic E-state index is 12.2. The topological polar surface area (TPSA) is 79.8 Å². The van der Waals surface area contributed by atoms with Gasteiger partial charge in [0.1, 0.15) is 5.60 Å². The highest BCUT2D eigenvalue weighted by Gasteiger charge is 2.28. The normalized spacial score (nSPS) is 15.8. The fourth-order valence-electron chi connectivity index (χ4n) is 3.78. The van der Waals surface area contributed by atoms with Crippen molar-refractivity contribution in [2.75, 3.05) is 26.4 Å². The summed E-state index contributed by atoms with van der Waals surface area (Å²) in [6.45, 7) is 7.76. The summed E-state index contributed by atoms with van der Waals surface area (Å²) < 4.78 is 28.7. The number of piperidine rings is 1. The first-order valence-electron chi connectivity index (χ1n) is 10.9.